The molecule has 1 aliphatic heterocycles. The van der Waals surface area contributed by atoms with Crippen LogP contribution < -0.4 is 5.32 Å². The van der Waals surface area contributed by atoms with Gasteiger partial charge in [-0.25, -0.2) is 0 Å². The van der Waals surface area contributed by atoms with Crippen molar-refractivity contribution in [3.63, 3.8) is 0 Å². The first-order valence-corrected chi connectivity index (χ1v) is 8.30. The molecule has 0 aromatic rings. The minimum Gasteiger partial charge on any atom is -0.468 e. The smallest absolute Gasteiger partial charge is 0.325 e. The summed E-state index contributed by atoms with van der Waals surface area (Å²) in [6.07, 6.45) is 5.86. The third-order valence-electron chi connectivity index (χ3n) is 4.90. The van der Waals surface area contributed by atoms with Crippen molar-refractivity contribution < 1.29 is 14.3 Å². The molecule has 0 aromatic heterocycles. The molecule has 0 amide bonds. The molecule has 0 aromatic carbocycles. The number of hydrogen-bond acceptors (Lipinski definition) is 5. The van der Waals surface area contributed by atoms with Crippen LogP contribution in [0, 0.1) is 0 Å². The highest BCUT2D eigenvalue weighted by molar-refractivity contribution is 5.80. The van der Waals surface area contributed by atoms with E-state index in [1.807, 2.05) is 6.92 Å². The van der Waals surface area contributed by atoms with Gasteiger partial charge in [-0.05, 0) is 45.6 Å². The van der Waals surface area contributed by atoms with E-state index >= 15 is 0 Å². The lowest BCUT2D eigenvalue weighted by Gasteiger charge is -2.39. The number of fused-ring (bicyclic) bond motifs is 1. The molecule has 1 saturated heterocycles. The minimum absolute atomic E-state index is 0.160. The molecule has 1 aliphatic carbocycles. The number of nitrogens with zero attached hydrogens (tertiary/aromatic N) is 1. The lowest BCUT2D eigenvalue weighted by molar-refractivity contribution is -0.148. The number of nitrogens with one attached hydrogen (secondary N) is 1. The Hall–Kier alpha value is -0.650. The maximum absolute atomic E-state index is 12.1. The highest BCUT2D eigenvalue weighted by Crippen LogP contribution is 2.30. The van der Waals surface area contributed by atoms with E-state index in [1.165, 1.54) is 26.4 Å². The van der Waals surface area contributed by atoms with Gasteiger partial charge >= 0.3 is 5.97 Å². The molecule has 122 valence electrons. The molecule has 1 N–H and O–H groups in total. The van der Waals surface area contributed by atoms with Crippen LogP contribution in [0.1, 0.15) is 46.0 Å². The molecular weight excluding hydrogens is 268 g/mol. The lowest BCUT2D eigenvalue weighted by Crippen LogP contribution is -2.55. The van der Waals surface area contributed by atoms with Crippen LogP contribution in [0.2, 0.25) is 0 Å². The molecule has 1 saturated carbocycles. The highest BCUT2D eigenvalue weighted by atomic mass is 16.5. The zero-order chi connectivity index (χ0) is 15.3. The van der Waals surface area contributed by atoms with Gasteiger partial charge in [0.05, 0.1) is 19.8 Å². The number of morpholine rings is 1. The second-order valence-electron chi connectivity index (χ2n) is 6.44. The highest BCUT2D eigenvalue weighted by Gasteiger charge is 2.39. The average Bonchev–Trinajstić information content (AvgIpc) is 2.99. The predicted molar refractivity (Wildman–Crippen MR) is 82.3 cm³/mol. The summed E-state index contributed by atoms with van der Waals surface area (Å²) in [5, 5.41) is 3.36. The Bertz CT molecular complexity index is 350. The van der Waals surface area contributed by atoms with Crippen LogP contribution in [-0.2, 0) is 14.3 Å². The van der Waals surface area contributed by atoms with Gasteiger partial charge in [0.25, 0.3) is 0 Å². The number of carbonyl (C=O) groups excluding carboxylic acids is 1. The maximum atomic E-state index is 12.1. The quantitative estimate of drug-likeness (QED) is 0.723. The molecule has 0 radical (unpaired) electrons. The van der Waals surface area contributed by atoms with Gasteiger partial charge in [0.2, 0.25) is 0 Å². The van der Waals surface area contributed by atoms with Crippen molar-refractivity contribution in [2.24, 2.45) is 0 Å². The van der Waals surface area contributed by atoms with Crippen LogP contribution in [-0.4, -0.2) is 61.9 Å². The summed E-state index contributed by atoms with van der Waals surface area (Å²) in [5.74, 6) is -0.160. The van der Waals surface area contributed by atoms with E-state index in [0.717, 1.165) is 39.1 Å². The standard InChI is InChI=1S/C16H30N2O3/c1-4-9-17-16(2,15(19)20-3)8-10-18-11-12-21-14-7-5-6-13(14)18/h13-14,17H,4-12H2,1-3H3. The Labute approximate surface area is 128 Å². The van der Waals surface area contributed by atoms with E-state index in [9.17, 15) is 4.79 Å². The third-order valence-corrected chi connectivity index (χ3v) is 4.90. The number of hydrogen-bond donors (Lipinski definition) is 1. The summed E-state index contributed by atoms with van der Waals surface area (Å²) in [7, 11) is 1.47. The number of ether oxygens (including phenoxy) is 2. The van der Waals surface area contributed by atoms with E-state index in [0.29, 0.717) is 12.1 Å². The summed E-state index contributed by atoms with van der Waals surface area (Å²) in [6, 6.07) is 0.548. The molecule has 3 atom stereocenters. The second-order valence-corrected chi connectivity index (χ2v) is 6.44. The van der Waals surface area contributed by atoms with Crippen molar-refractivity contribution in [1.82, 2.24) is 10.2 Å². The Morgan fingerprint density at radius 2 is 2.29 bits per heavy atom. The number of methoxy groups -OCH3 is 1. The topological polar surface area (TPSA) is 50.8 Å². The van der Waals surface area contributed by atoms with Crippen LogP contribution in [0.5, 0.6) is 0 Å². The van der Waals surface area contributed by atoms with Crippen molar-refractivity contribution in [2.75, 3.05) is 33.4 Å². The Balaban J connectivity index is 1.92. The third kappa shape index (κ3) is 3.96. The molecule has 1 heterocycles. The molecule has 21 heavy (non-hydrogen) atoms. The van der Waals surface area contributed by atoms with Gasteiger partial charge in [-0.3, -0.25) is 9.69 Å². The fraction of sp³-hybridized carbons (Fsp3) is 0.938. The first-order valence-electron chi connectivity index (χ1n) is 8.30. The zero-order valence-corrected chi connectivity index (χ0v) is 13.7. The summed E-state index contributed by atoms with van der Waals surface area (Å²) in [6.45, 7) is 7.62. The molecule has 3 unspecified atom stereocenters. The Morgan fingerprint density at radius 1 is 1.48 bits per heavy atom. The van der Waals surface area contributed by atoms with E-state index in [-0.39, 0.29) is 5.97 Å². The first-order chi connectivity index (χ1) is 10.1. The average molecular weight is 298 g/mol. The van der Waals surface area contributed by atoms with Crippen LogP contribution in [0.3, 0.4) is 0 Å². The van der Waals surface area contributed by atoms with Gasteiger partial charge in [0.1, 0.15) is 5.54 Å². The summed E-state index contributed by atoms with van der Waals surface area (Å²) < 4.78 is 10.8. The van der Waals surface area contributed by atoms with Gasteiger partial charge in [-0.1, -0.05) is 6.92 Å². The lowest BCUT2D eigenvalue weighted by atomic mass is 9.96. The monoisotopic (exact) mass is 298 g/mol. The van der Waals surface area contributed by atoms with E-state index in [4.69, 9.17) is 9.47 Å². The molecule has 2 aliphatic rings. The zero-order valence-electron chi connectivity index (χ0n) is 13.7. The molecule has 5 nitrogen and oxygen atoms in total. The molecule has 2 fully saturated rings. The summed E-state index contributed by atoms with van der Waals surface area (Å²) >= 11 is 0. The van der Waals surface area contributed by atoms with Crippen molar-refractivity contribution in [3.8, 4) is 0 Å². The molecule has 2 rings (SSSR count). The molecular formula is C16H30N2O3. The van der Waals surface area contributed by atoms with Gasteiger partial charge in [-0.15, -0.1) is 0 Å². The van der Waals surface area contributed by atoms with Gasteiger partial charge < -0.3 is 14.8 Å². The summed E-state index contributed by atoms with van der Waals surface area (Å²) in [4.78, 5) is 14.6. The summed E-state index contributed by atoms with van der Waals surface area (Å²) in [5.41, 5.74) is -0.586. The van der Waals surface area contributed by atoms with Gasteiger partial charge in [-0.2, -0.15) is 0 Å². The van der Waals surface area contributed by atoms with Crippen molar-refractivity contribution in [2.45, 2.75) is 63.6 Å². The van der Waals surface area contributed by atoms with E-state index in [1.54, 1.807) is 0 Å². The predicted octanol–water partition coefficient (Wildman–Crippen LogP) is 1.56. The van der Waals surface area contributed by atoms with Crippen molar-refractivity contribution in [1.29, 1.82) is 0 Å². The Kier molecular flexibility index (Phi) is 6.02. The van der Waals surface area contributed by atoms with Crippen molar-refractivity contribution in [3.05, 3.63) is 0 Å². The van der Waals surface area contributed by atoms with E-state index in [2.05, 4.69) is 17.1 Å². The number of esters is 1. The van der Waals surface area contributed by atoms with Crippen LogP contribution >= 0.6 is 0 Å². The van der Waals surface area contributed by atoms with Gasteiger partial charge in [0.15, 0.2) is 0 Å². The normalized spacial score (nSPS) is 28.9. The Morgan fingerprint density at radius 3 is 3.00 bits per heavy atom. The molecule has 0 spiro atoms. The van der Waals surface area contributed by atoms with Crippen LogP contribution in [0.15, 0.2) is 0 Å². The maximum Gasteiger partial charge on any atom is 0.325 e. The SMILES string of the molecule is CCCNC(C)(CCN1CCOC2CCCC21)C(=O)OC. The first kappa shape index (κ1) is 16.7. The number of rotatable bonds is 7. The molecule has 5 heteroatoms. The van der Waals surface area contributed by atoms with Crippen LogP contribution in [0.25, 0.3) is 0 Å². The molecule has 0 bridgehead atoms. The second kappa shape index (κ2) is 7.56. The fourth-order valence-electron chi connectivity index (χ4n) is 3.54. The van der Waals surface area contributed by atoms with Crippen molar-refractivity contribution >= 4 is 5.97 Å². The fourth-order valence-corrected chi connectivity index (χ4v) is 3.54. The van der Waals surface area contributed by atoms with E-state index < -0.39 is 5.54 Å². The minimum atomic E-state index is -0.586. The largest absolute Gasteiger partial charge is 0.468 e. The number of carbonyl (C=O) groups is 1. The van der Waals surface area contributed by atoms with Crippen LogP contribution in [0.4, 0.5) is 0 Å². The van der Waals surface area contributed by atoms with Gasteiger partial charge in [0, 0.05) is 19.1 Å².